The van der Waals surface area contributed by atoms with Crippen molar-refractivity contribution in [3.05, 3.63) is 31.8 Å². The van der Waals surface area contributed by atoms with Gasteiger partial charge in [0.25, 0.3) is 11.1 Å². The summed E-state index contributed by atoms with van der Waals surface area (Å²) in [6, 6.07) is -0.440. The van der Waals surface area contributed by atoms with Crippen molar-refractivity contribution < 1.29 is 5.11 Å². The van der Waals surface area contributed by atoms with Crippen LogP contribution in [-0.4, -0.2) is 21.0 Å². The van der Waals surface area contributed by atoms with Gasteiger partial charge in [-0.1, -0.05) is 0 Å². The van der Waals surface area contributed by atoms with Gasteiger partial charge >= 0.3 is 0 Å². The standard InChI is InChI=1S/C10H16N2O3/c1-5-6(2)10(15)12(11-9(5)14)7(3)8(4)13/h7-8,13H,1-4H3,(H,11,14). The summed E-state index contributed by atoms with van der Waals surface area (Å²) in [6.07, 6.45) is -0.694. The molecule has 2 N–H and O–H groups in total. The largest absolute Gasteiger partial charge is 0.391 e. The number of nitrogens with one attached hydrogen (secondary N) is 1. The number of rotatable bonds is 2. The second kappa shape index (κ2) is 4.02. The van der Waals surface area contributed by atoms with Crippen LogP contribution in [0.4, 0.5) is 0 Å². The van der Waals surface area contributed by atoms with E-state index in [2.05, 4.69) is 5.10 Å². The summed E-state index contributed by atoms with van der Waals surface area (Å²) in [5.41, 5.74) is 0.292. The lowest BCUT2D eigenvalue weighted by atomic mass is 10.2. The zero-order chi connectivity index (χ0) is 11.7. The second-order valence-electron chi connectivity index (χ2n) is 3.85. The number of H-pyrrole nitrogens is 1. The van der Waals surface area contributed by atoms with Gasteiger partial charge in [0.05, 0.1) is 12.1 Å². The van der Waals surface area contributed by atoms with Gasteiger partial charge < -0.3 is 5.11 Å². The molecule has 0 fully saturated rings. The molecule has 5 heteroatoms. The SMILES string of the molecule is Cc1c(C)c(=O)n(C(C)C(C)O)[nH]c1=O. The van der Waals surface area contributed by atoms with Crippen LogP contribution in [-0.2, 0) is 0 Å². The number of aliphatic hydroxyl groups is 1. The van der Waals surface area contributed by atoms with Gasteiger partial charge in [0.1, 0.15) is 0 Å². The molecule has 0 spiro atoms. The Morgan fingerprint density at radius 3 is 2.20 bits per heavy atom. The van der Waals surface area contributed by atoms with Crippen molar-refractivity contribution in [3.8, 4) is 0 Å². The van der Waals surface area contributed by atoms with E-state index in [4.69, 9.17) is 0 Å². The molecule has 2 atom stereocenters. The molecule has 1 aromatic rings. The number of nitrogens with zero attached hydrogens (tertiary/aromatic N) is 1. The lowest BCUT2D eigenvalue weighted by molar-refractivity contribution is 0.129. The van der Waals surface area contributed by atoms with Crippen molar-refractivity contribution >= 4 is 0 Å². The van der Waals surface area contributed by atoms with Gasteiger partial charge in [0.2, 0.25) is 0 Å². The maximum atomic E-state index is 11.8. The van der Waals surface area contributed by atoms with Crippen LogP contribution in [0.15, 0.2) is 9.59 Å². The molecule has 0 aliphatic rings. The van der Waals surface area contributed by atoms with E-state index in [0.29, 0.717) is 11.1 Å². The molecule has 0 saturated carbocycles. The van der Waals surface area contributed by atoms with Crippen LogP contribution in [0.3, 0.4) is 0 Å². The number of aromatic nitrogens is 2. The summed E-state index contributed by atoms with van der Waals surface area (Å²) in [5.74, 6) is 0. The van der Waals surface area contributed by atoms with Crippen LogP contribution in [0, 0.1) is 13.8 Å². The van der Waals surface area contributed by atoms with E-state index in [1.54, 1.807) is 27.7 Å². The molecule has 0 amide bonds. The van der Waals surface area contributed by atoms with Crippen molar-refractivity contribution in [1.82, 2.24) is 9.78 Å². The van der Waals surface area contributed by atoms with E-state index in [0.717, 1.165) is 0 Å². The molecular weight excluding hydrogens is 196 g/mol. The average Bonchev–Trinajstić information content (AvgIpc) is 2.19. The van der Waals surface area contributed by atoms with Gasteiger partial charge in [-0.15, -0.1) is 0 Å². The number of aliphatic hydroxyl groups excluding tert-OH is 1. The first-order valence-electron chi connectivity index (χ1n) is 4.86. The zero-order valence-corrected chi connectivity index (χ0v) is 9.37. The van der Waals surface area contributed by atoms with E-state index < -0.39 is 12.1 Å². The Morgan fingerprint density at radius 2 is 1.73 bits per heavy atom. The van der Waals surface area contributed by atoms with Crippen molar-refractivity contribution in [1.29, 1.82) is 0 Å². The summed E-state index contributed by atoms with van der Waals surface area (Å²) in [6.45, 7) is 6.46. The average molecular weight is 212 g/mol. The van der Waals surface area contributed by atoms with Gasteiger partial charge in [0, 0.05) is 11.1 Å². The first kappa shape index (κ1) is 11.7. The number of hydrogen-bond acceptors (Lipinski definition) is 3. The third-order valence-corrected chi connectivity index (χ3v) is 2.77. The fourth-order valence-corrected chi connectivity index (χ4v) is 1.26. The lowest BCUT2D eigenvalue weighted by Gasteiger charge is -2.18. The summed E-state index contributed by atoms with van der Waals surface area (Å²) in [7, 11) is 0. The van der Waals surface area contributed by atoms with Crippen LogP contribution in [0.5, 0.6) is 0 Å². The van der Waals surface area contributed by atoms with Gasteiger partial charge in [-0.05, 0) is 27.7 Å². The maximum Gasteiger partial charge on any atom is 0.268 e. The molecule has 0 radical (unpaired) electrons. The normalized spacial score (nSPS) is 15.0. The van der Waals surface area contributed by atoms with E-state index in [1.807, 2.05) is 0 Å². The monoisotopic (exact) mass is 212 g/mol. The fourth-order valence-electron chi connectivity index (χ4n) is 1.26. The summed E-state index contributed by atoms with van der Waals surface area (Å²) < 4.78 is 1.18. The Morgan fingerprint density at radius 1 is 1.20 bits per heavy atom. The highest BCUT2D eigenvalue weighted by molar-refractivity contribution is 5.17. The Balaban J connectivity index is 3.46. The first-order valence-corrected chi connectivity index (χ1v) is 4.86. The minimum absolute atomic E-state index is 0.263. The maximum absolute atomic E-state index is 11.8. The zero-order valence-electron chi connectivity index (χ0n) is 9.37. The van der Waals surface area contributed by atoms with E-state index >= 15 is 0 Å². The minimum atomic E-state index is -0.694. The van der Waals surface area contributed by atoms with Crippen LogP contribution in [0.2, 0.25) is 0 Å². The first-order chi connectivity index (χ1) is 6.86. The Labute approximate surface area is 87.4 Å². The summed E-state index contributed by atoms with van der Waals surface area (Å²) in [5, 5.41) is 11.8. The minimum Gasteiger partial charge on any atom is -0.391 e. The fraction of sp³-hybridized carbons (Fsp3) is 0.600. The lowest BCUT2D eigenvalue weighted by Crippen LogP contribution is -2.38. The molecule has 1 heterocycles. The Kier molecular flexibility index (Phi) is 3.14. The second-order valence-corrected chi connectivity index (χ2v) is 3.85. The molecule has 0 aromatic carbocycles. The van der Waals surface area contributed by atoms with E-state index in [1.165, 1.54) is 4.68 Å². The van der Waals surface area contributed by atoms with Gasteiger partial charge in [-0.3, -0.25) is 14.7 Å². The third-order valence-electron chi connectivity index (χ3n) is 2.77. The highest BCUT2D eigenvalue weighted by Crippen LogP contribution is 2.05. The predicted octanol–water partition coefficient (Wildman–Crippen LogP) is 0.0952. The van der Waals surface area contributed by atoms with E-state index in [9.17, 15) is 14.7 Å². The molecule has 2 unspecified atom stereocenters. The molecule has 84 valence electrons. The molecule has 1 rings (SSSR count). The van der Waals surface area contributed by atoms with Crippen molar-refractivity contribution in [2.24, 2.45) is 0 Å². The van der Waals surface area contributed by atoms with Crippen molar-refractivity contribution in [2.45, 2.75) is 39.8 Å². The molecule has 0 aliphatic heterocycles. The van der Waals surface area contributed by atoms with Crippen molar-refractivity contribution in [2.75, 3.05) is 0 Å². The van der Waals surface area contributed by atoms with Gasteiger partial charge in [-0.25, -0.2) is 4.68 Å². The van der Waals surface area contributed by atoms with Crippen LogP contribution < -0.4 is 11.1 Å². The van der Waals surface area contributed by atoms with E-state index in [-0.39, 0.29) is 11.1 Å². The molecule has 0 saturated heterocycles. The summed E-state index contributed by atoms with van der Waals surface area (Å²) in [4.78, 5) is 23.2. The van der Waals surface area contributed by atoms with Crippen LogP contribution in [0.25, 0.3) is 0 Å². The van der Waals surface area contributed by atoms with Crippen molar-refractivity contribution in [3.63, 3.8) is 0 Å². The third kappa shape index (κ3) is 2.02. The highest BCUT2D eigenvalue weighted by Gasteiger charge is 2.15. The molecule has 1 aromatic heterocycles. The molecule has 15 heavy (non-hydrogen) atoms. The van der Waals surface area contributed by atoms with Crippen LogP contribution in [0.1, 0.15) is 31.0 Å². The predicted molar refractivity (Wildman–Crippen MR) is 57.2 cm³/mol. The molecule has 0 aliphatic carbocycles. The van der Waals surface area contributed by atoms with Crippen LogP contribution >= 0.6 is 0 Å². The van der Waals surface area contributed by atoms with Gasteiger partial charge in [-0.2, -0.15) is 0 Å². The molecule has 5 nitrogen and oxygen atoms in total. The number of hydrogen-bond donors (Lipinski definition) is 2. The highest BCUT2D eigenvalue weighted by atomic mass is 16.3. The smallest absolute Gasteiger partial charge is 0.268 e. The summed E-state index contributed by atoms with van der Waals surface area (Å²) >= 11 is 0. The number of aromatic amines is 1. The quantitative estimate of drug-likeness (QED) is 0.729. The molecular formula is C10H16N2O3. The van der Waals surface area contributed by atoms with Gasteiger partial charge in [0.15, 0.2) is 0 Å². The Bertz CT molecular complexity index is 471. The Hall–Kier alpha value is -1.36. The molecule has 0 bridgehead atoms. The topological polar surface area (TPSA) is 75.1 Å².